The van der Waals surface area contributed by atoms with Gasteiger partial charge in [0.1, 0.15) is 6.04 Å². The van der Waals surface area contributed by atoms with Crippen LogP contribution in [-0.2, 0) is 11.2 Å². The number of hydrazine groups is 1. The fraction of sp³-hybridized carbons (Fsp3) is 0.0870. The van der Waals surface area contributed by atoms with Gasteiger partial charge in [-0.3, -0.25) is 15.0 Å². The zero-order valence-electron chi connectivity index (χ0n) is 17.2. The molecule has 0 unspecified atom stereocenters. The Morgan fingerprint density at radius 2 is 1.76 bits per heavy atom. The third-order valence-corrected chi connectivity index (χ3v) is 5.99. The van der Waals surface area contributed by atoms with Gasteiger partial charge in [-0.1, -0.05) is 35.9 Å². The van der Waals surface area contributed by atoms with Crippen LogP contribution in [0.5, 0.6) is 0 Å². The Morgan fingerprint density at radius 1 is 0.970 bits per heavy atom. The number of amides is 4. The van der Waals surface area contributed by atoms with E-state index in [4.69, 9.17) is 11.6 Å². The summed E-state index contributed by atoms with van der Waals surface area (Å²) in [6, 6.07) is 16.1. The number of nitrogens with one attached hydrogen (secondary N) is 5. The molecule has 5 N–H and O–H groups in total. The van der Waals surface area contributed by atoms with E-state index in [-0.39, 0.29) is 12.3 Å². The number of urea groups is 1. The monoisotopic (exact) mass is 481 g/mol. The van der Waals surface area contributed by atoms with Crippen molar-refractivity contribution in [2.45, 2.75) is 12.5 Å². The summed E-state index contributed by atoms with van der Waals surface area (Å²) in [6.07, 6.45) is 2.04. The van der Waals surface area contributed by atoms with Crippen molar-refractivity contribution < 1.29 is 14.4 Å². The molecule has 0 aliphatic rings. The summed E-state index contributed by atoms with van der Waals surface area (Å²) in [6.45, 7) is 0. The fourth-order valence-electron chi connectivity index (χ4n) is 3.27. The third kappa shape index (κ3) is 5.71. The predicted octanol–water partition coefficient (Wildman–Crippen LogP) is 4.08. The van der Waals surface area contributed by atoms with Gasteiger partial charge >= 0.3 is 6.03 Å². The van der Waals surface area contributed by atoms with Gasteiger partial charge in [0.2, 0.25) is 0 Å². The van der Waals surface area contributed by atoms with Crippen LogP contribution >= 0.6 is 22.9 Å². The molecule has 2 aromatic carbocycles. The van der Waals surface area contributed by atoms with Crippen LogP contribution in [0.1, 0.15) is 15.2 Å². The predicted molar refractivity (Wildman–Crippen MR) is 129 cm³/mol. The normalized spacial score (nSPS) is 11.5. The SMILES string of the molecule is O=C(NNC(=O)[C@H](Cc1c[nH]c2ccccc12)NC(=O)c1cccs1)Nc1ccc(Cl)cc1. The Hall–Kier alpha value is -3.82. The molecular formula is C23H20ClN5O3S. The molecule has 0 aliphatic heterocycles. The Balaban J connectivity index is 1.44. The number of fused-ring (bicyclic) bond motifs is 1. The molecule has 10 heteroatoms. The summed E-state index contributed by atoms with van der Waals surface area (Å²) < 4.78 is 0. The van der Waals surface area contributed by atoms with E-state index in [0.29, 0.717) is 15.6 Å². The summed E-state index contributed by atoms with van der Waals surface area (Å²) >= 11 is 7.11. The summed E-state index contributed by atoms with van der Waals surface area (Å²) in [7, 11) is 0. The molecule has 33 heavy (non-hydrogen) atoms. The highest BCUT2D eigenvalue weighted by molar-refractivity contribution is 7.12. The first-order valence-electron chi connectivity index (χ1n) is 10.0. The maximum atomic E-state index is 12.9. The first kappa shape index (κ1) is 22.4. The van der Waals surface area contributed by atoms with Crippen molar-refractivity contribution in [1.82, 2.24) is 21.2 Å². The Morgan fingerprint density at radius 3 is 2.52 bits per heavy atom. The van der Waals surface area contributed by atoms with E-state index in [9.17, 15) is 14.4 Å². The highest BCUT2D eigenvalue weighted by atomic mass is 35.5. The van der Waals surface area contributed by atoms with Crippen molar-refractivity contribution in [3.63, 3.8) is 0 Å². The average molecular weight is 482 g/mol. The van der Waals surface area contributed by atoms with Gasteiger partial charge in [-0.15, -0.1) is 11.3 Å². The van der Waals surface area contributed by atoms with Gasteiger partial charge in [0.15, 0.2) is 0 Å². The number of anilines is 1. The van der Waals surface area contributed by atoms with Crippen LogP contribution in [0.15, 0.2) is 72.2 Å². The standard InChI is InChI=1S/C23H20ClN5O3S/c24-15-7-9-16(10-8-15)26-23(32)29-28-21(30)19(27-22(31)20-6-3-11-33-20)12-14-13-25-18-5-2-1-4-17(14)18/h1-11,13,19,25H,12H2,(H,27,31)(H,28,30)(H2,26,29,32)/t19-/m0/s1. The van der Waals surface area contributed by atoms with Crippen LogP contribution in [0.4, 0.5) is 10.5 Å². The maximum Gasteiger partial charge on any atom is 0.337 e. The zero-order valence-corrected chi connectivity index (χ0v) is 18.8. The van der Waals surface area contributed by atoms with Crippen molar-refractivity contribution in [1.29, 1.82) is 0 Å². The van der Waals surface area contributed by atoms with E-state index in [1.165, 1.54) is 11.3 Å². The number of halogens is 1. The maximum absolute atomic E-state index is 12.9. The van der Waals surface area contributed by atoms with Crippen molar-refractivity contribution in [2.24, 2.45) is 0 Å². The molecule has 2 aromatic heterocycles. The van der Waals surface area contributed by atoms with Crippen LogP contribution in [0.25, 0.3) is 10.9 Å². The number of aromatic amines is 1. The molecule has 0 aliphatic carbocycles. The van der Waals surface area contributed by atoms with E-state index in [0.717, 1.165) is 16.5 Å². The molecule has 0 saturated heterocycles. The average Bonchev–Trinajstić information content (AvgIpc) is 3.49. The molecule has 0 saturated carbocycles. The minimum atomic E-state index is -0.922. The topological polar surface area (TPSA) is 115 Å². The van der Waals surface area contributed by atoms with Crippen molar-refractivity contribution >= 4 is 57.4 Å². The Kier molecular flexibility index (Phi) is 6.92. The minimum Gasteiger partial charge on any atom is -0.361 e. The fourth-order valence-corrected chi connectivity index (χ4v) is 4.02. The smallest absolute Gasteiger partial charge is 0.337 e. The van der Waals surface area contributed by atoms with Gasteiger partial charge in [-0.2, -0.15) is 0 Å². The number of carbonyl (C=O) groups excluding carboxylic acids is 3. The van der Waals surface area contributed by atoms with Gasteiger partial charge in [0.25, 0.3) is 11.8 Å². The highest BCUT2D eigenvalue weighted by Crippen LogP contribution is 2.19. The van der Waals surface area contributed by atoms with Crippen molar-refractivity contribution in [3.05, 3.63) is 87.7 Å². The first-order valence-corrected chi connectivity index (χ1v) is 11.3. The summed E-state index contributed by atoms with van der Waals surface area (Å²) in [4.78, 5) is 41.4. The molecule has 8 nitrogen and oxygen atoms in total. The van der Waals surface area contributed by atoms with Gasteiger partial charge in [0.05, 0.1) is 4.88 Å². The lowest BCUT2D eigenvalue weighted by Gasteiger charge is -2.18. The summed E-state index contributed by atoms with van der Waals surface area (Å²) in [5.41, 5.74) is 6.99. The molecule has 1 atom stereocenters. The number of hydrogen-bond donors (Lipinski definition) is 5. The van der Waals surface area contributed by atoms with E-state index in [2.05, 4.69) is 26.5 Å². The van der Waals surface area contributed by atoms with Gasteiger partial charge in [-0.25, -0.2) is 10.2 Å². The highest BCUT2D eigenvalue weighted by Gasteiger charge is 2.24. The molecule has 0 radical (unpaired) electrons. The third-order valence-electron chi connectivity index (χ3n) is 4.87. The number of H-pyrrole nitrogens is 1. The Bertz CT molecular complexity index is 1270. The van der Waals surface area contributed by atoms with Gasteiger partial charge in [-0.05, 0) is 47.3 Å². The number of benzene rings is 2. The summed E-state index contributed by atoms with van der Waals surface area (Å²) in [5, 5.41) is 8.62. The van der Waals surface area contributed by atoms with Crippen LogP contribution in [0, 0.1) is 0 Å². The van der Waals surface area contributed by atoms with Crippen molar-refractivity contribution in [3.8, 4) is 0 Å². The van der Waals surface area contributed by atoms with Crippen LogP contribution < -0.4 is 21.5 Å². The van der Waals surface area contributed by atoms with E-state index >= 15 is 0 Å². The van der Waals surface area contributed by atoms with Crippen molar-refractivity contribution in [2.75, 3.05) is 5.32 Å². The number of aromatic nitrogens is 1. The molecule has 168 valence electrons. The summed E-state index contributed by atoms with van der Waals surface area (Å²) in [5.74, 6) is -0.924. The second-order valence-corrected chi connectivity index (χ2v) is 8.53. The number of hydrogen-bond acceptors (Lipinski definition) is 4. The molecule has 0 spiro atoms. The quantitative estimate of drug-likeness (QED) is 0.267. The van der Waals surface area contributed by atoms with E-state index in [1.54, 1.807) is 41.8 Å². The number of carbonyl (C=O) groups is 3. The lowest BCUT2D eigenvalue weighted by molar-refractivity contribution is -0.123. The van der Waals surface area contributed by atoms with Gasteiger partial charge in [0, 0.05) is 34.2 Å². The van der Waals surface area contributed by atoms with Crippen LogP contribution in [-0.4, -0.2) is 28.9 Å². The lowest BCUT2D eigenvalue weighted by Crippen LogP contribution is -2.53. The minimum absolute atomic E-state index is 0.230. The number of para-hydroxylation sites is 1. The van der Waals surface area contributed by atoms with Gasteiger partial charge < -0.3 is 15.6 Å². The lowest BCUT2D eigenvalue weighted by atomic mass is 10.0. The molecule has 4 rings (SSSR count). The molecule has 2 heterocycles. The van der Waals surface area contributed by atoms with Crippen LogP contribution in [0.2, 0.25) is 5.02 Å². The Labute approximate surface area is 198 Å². The molecule has 0 fully saturated rings. The largest absolute Gasteiger partial charge is 0.361 e. The van der Waals surface area contributed by atoms with E-state index in [1.807, 2.05) is 30.5 Å². The molecule has 4 aromatic rings. The second-order valence-electron chi connectivity index (χ2n) is 7.14. The second kappa shape index (κ2) is 10.2. The molecule has 0 bridgehead atoms. The first-order chi connectivity index (χ1) is 16.0. The number of rotatable bonds is 6. The number of thiophene rings is 1. The molecule has 4 amide bonds. The zero-order chi connectivity index (χ0) is 23.2. The van der Waals surface area contributed by atoms with E-state index < -0.39 is 18.0 Å². The molecular weight excluding hydrogens is 462 g/mol. The van der Waals surface area contributed by atoms with Crippen LogP contribution in [0.3, 0.4) is 0 Å².